The number of benzene rings is 1. The molecule has 2 saturated heterocycles. The maximum atomic E-state index is 13.2. The van der Waals surface area contributed by atoms with Crippen LogP contribution in [0, 0.1) is 5.82 Å². The van der Waals surface area contributed by atoms with Gasteiger partial charge in [-0.05, 0) is 26.0 Å². The van der Waals surface area contributed by atoms with Gasteiger partial charge in [0, 0.05) is 57.4 Å². The Labute approximate surface area is 135 Å². The van der Waals surface area contributed by atoms with Gasteiger partial charge in [-0.2, -0.15) is 4.98 Å². The Morgan fingerprint density at radius 1 is 1.17 bits per heavy atom. The molecule has 2 aliphatic rings. The molecule has 0 unspecified atom stereocenters. The quantitative estimate of drug-likeness (QED) is 0.867. The molecule has 0 atom stereocenters. The van der Waals surface area contributed by atoms with Crippen molar-refractivity contribution in [3.63, 3.8) is 0 Å². The maximum Gasteiger partial charge on any atom is 0.298 e. The molecule has 3 heterocycles. The van der Waals surface area contributed by atoms with E-state index in [1.54, 1.807) is 6.07 Å². The first-order valence-electron chi connectivity index (χ1n) is 8.39. The van der Waals surface area contributed by atoms with Crippen molar-refractivity contribution in [2.24, 2.45) is 0 Å². The summed E-state index contributed by atoms with van der Waals surface area (Å²) in [4.78, 5) is 11.6. The van der Waals surface area contributed by atoms with Crippen LogP contribution in [-0.4, -0.2) is 66.1 Å². The zero-order chi connectivity index (χ0) is 16.0. The number of halogens is 1. The van der Waals surface area contributed by atoms with Crippen molar-refractivity contribution in [2.75, 3.05) is 44.2 Å². The van der Waals surface area contributed by atoms with Gasteiger partial charge in [0.25, 0.3) is 6.01 Å². The Morgan fingerprint density at radius 2 is 1.91 bits per heavy atom. The van der Waals surface area contributed by atoms with Crippen molar-refractivity contribution in [3.8, 4) is 0 Å². The number of nitrogens with zero attached hydrogens (tertiary/aromatic N) is 4. The second-order valence-corrected chi connectivity index (χ2v) is 6.83. The molecule has 2 aliphatic heterocycles. The summed E-state index contributed by atoms with van der Waals surface area (Å²) in [5.41, 5.74) is 1.24. The Bertz CT molecular complexity index is 687. The lowest BCUT2D eigenvalue weighted by Gasteiger charge is -2.48. The highest BCUT2D eigenvalue weighted by molar-refractivity contribution is 5.74. The minimum absolute atomic E-state index is 0.276. The molecule has 2 fully saturated rings. The first kappa shape index (κ1) is 14.9. The van der Waals surface area contributed by atoms with E-state index in [0.29, 0.717) is 29.2 Å². The number of hydrogen-bond donors (Lipinski definition) is 0. The normalized spacial score (nSPS) is 21.3. The van der Waals surface area contributed by atoms with Crippen molar-refractivity contribution in [2.45, 2.75) is 25.9 Å². The van der Waals surface area contributed by atoms with E-state index < -0.39 is 0 Å². The number of anilines is 1. The number of oxazole rings is 1. The summed E-state index contributed by atoms with van der Waals surface area (Å²) in [6, 6.07) is 6.30. The summed E-state index contributed by atoms with van der Waals surface area (Å²) in [6.07, 6.45) is 0. The van der Waals surface area contributed by atoms with Crippen LogP contribution in [0.15, 0.2) is 22.6 Å². The maximum absolute atomic E-state index is 13.2. The second kappa shape index (κ2) is 5.76. The SMILES string of the molecule is CC(C)N1CCN(C2CN(c3nc4cc(F)ccc4o3)C2)CC1. The Morgan fingerprint density at radius 3 is 2.61 bits per heavy atom. The van der Waals surface area contributed by atoms with Crippen molar-refractivity contribution >= 4 is 17.1 Å². The van der Waals surface area contributed by atoms with Crippen LogP contribution in [0.2, 0.25) is 0 Å². The van der Waals surface area contributed by atoms with Crippen LogP contribution in [0.3, 0.4) is 0 Å². The third-order valence-electron chi connectivity index (χ3n) is 5.07. The van der Waals surface area contributed by atoms with Gasteiger partial charge < -0.3 is 9.32 Å². The van der Waals surface area contributed by atoms with Gasteiger partial charge in [0.1, 0.15) is 11.3 Å². The van der Waals surface area contributed by atoms with Gasteiger partial charge in [-0.3, -0.25) is 9.80 Å². The topological polar surface area (TPSA) is 35.8 Å². The summed E-state index contributed by atoms with van der Waals surface area (Å²) >= 11 is 0. The lowest BCUT2D eigenvalue weighted by molar-refractivity contribution is 0.0666. The average Bonchev–Trinajstić information content (AvgIpc) is 2.88. The number of fused-ring (bicyclic) bond motifs is 1. The van der Waals surface area contributed by atoms with Crippen LogP contribution >= 0.6 is 0 Å². The molecule has 0 saturated carbocycles. The van der Waals surface area contributed by atoms with Gasteiger partial charge in [0.2, 0.25) is 0 Å². The molecule has 0 N–H and O–H groups in total. The van der Waals surface area contributed by atoms with Gasteiger partial charge in [-0.25, -0.2) is 4.39 Å². The van der Waals surface area contributed by atoms with Gasteiger partial charge in [-0.1, -0.05) is 0 Å². The molecule has 5 nitrogen and oxygen atoms in total. The monoisotopic (exact) mass is 318 g/mol. The zero-order valence-electron chi connectivity index (χ0n) is 13.7. The molecule has 0 bridgehead atoms. The Hall–Kier alpha value is -1.66. The van der Waals surface area contributed by atoms with E-state index >= 15 is 0 Å². The second-order valence-electron chi connectivity index (χ2n) is 6.83. The standard InChI is InChI=1S/C17H23FN4O/c1-12(2)20-5-7-21(8-6-20)14-10-22(11-14)17-19-15-9-13(18)3-4-16(15)23-17/h3-4,9,12,14H,5-8,10-11H2,1-2H3. The van der Waals surface area contributed by atoms with Crippen LogP contribution in [0.1, 0.15) is 13.8 Å². The van der Waals surface area contributed by atoms with Crippen molar-refractivity contribution < 1.29 is 8.81 Å². The minimum atomic E-state index is -0.276. The summed E-state index contributed by atoms with van der Waals surface area (Å²) in [6.45, 7) is 11.0. The molecule has 0 amide bonds. The molecular formula is C17H23FN4O. The van der Waals surface area contributed by atoms with Gasteiger partial charge in [-0.15, -0.1) is 0 Å². The summed E-state index contributed by atoms with van der Waals surface area (Å²) in [5, 5.41) is 0. The summed E-state index contributed by atoms with van der Waals surface area (Å²) in [5.74, 6) is -0.276. The number of rotatable bonds is 3. The summed E-state index contributed by atoms with van der Waals surface area (Å²) < 4.78 is 19.0. The van der Waals surface area contributed by atoms with Crippen molar-refractivity contribution in [1.29, 1.82) is 0 Å². The molecular weight excluding hydrogens is 295 g/mol. The molecule has 0 spiro atoms. The van der Waals surface area contributed by atoms with Gasteiger partial charge in [0.15, 0.2) is 5.58 Å². The fourth-order valence-corrected chi connectivity index (χ4v) is 3.49. The van der Waals surface area contributed by atoms with Gasteiger partial charge >= 0.3 is 0 Å². The van der Waals surface area contributed by atoms with Crippen molar-refractivity contribution in [1.82, 2.24) is 14.8 Å². The smallest absolute Gasteiger partial charge is 0.298 e. The third-order valence-corrected chi connectivity index (χ3v) is 5.07. The zero-order valence-corrected chi connectivity index (χ0v) is 13.7. The molecule has 23 heavy (non-hydrogen) atoms. The third kappa shape index (κ3) is 2.81. The molecule has 4 rings (SSSR count). The van der Waals surface area contributed by atoms with Gasteiger partial charge in [0.05, 0.1) is 0 Å². The number of hydrogen-bond acceptors (Lipinski definition) is 5. The van der Waals surface area contributed by atoms with Crippen LogP contribution in [-0.2, 0) is 0 Å². The van der Waals surface area contributed by atoms with Crippen molar-refractivity contribution in [3.05, 3.63) is 24.0 Å². The highest BCUT2D eigenvalue weighted by atomic mass is 19.1. The van der Waals surface area contributed by atoms with E-state index in [-0.39, 0.29) is 5.82 Å². The minimum Gasteiger partial charge on any atom is -0.423 e. The van der Waals surface area contributed by atoms with E-state index in [2.05, 4.69) is 33.5 Å². The molecule has 2 aromatic rings. The summed E-state index contributed by atoms with van der Waals surface area (Å²) in [7, 11) is 0. The molecule has 0 radical (unpaired) electrons. The lowest BCUT2D eigenvalue weighted by Crippen LogP contribution is -2.63. The van der Waals surface area contributed by atoms with E-state index in [1.165, 1.54) is 12.1 Å². The molecule has 124 valence electrons. The molecule has 6 heteroatoms. The first-order valence-corrected chi connectivity index (χ1v) is 8.39. The predicted octanol–water partition coefficient (Wildman–Crippen LogP) is 2.18. The van der Waals surface area contributed by atoms with Crippen LogP contribution in [0.5, 0.6) is 0 Å². The van der Waals surface area contributed by atoms with Crippen LogP contribution < -0.4 is 4.90 Å². The molecule has 1 aromatic heterocycles. The van der Waals surface area contributed by atoms with E-state index in [4.69, 9.17) is 4.42 Å². The molecule has 1 aromatic carbocycles. The number of aromatic nitrogens is 1. The highest BCUT2D eigenvalue weighted by Gasteiger charge is 2.36. The largest absolute Gasteiger partial charge is 0.423 e. The number of piperazine rings is 1. The molecule has 0 aliphatic carbocycles. The predicted molar refractivity (Wildman–Crippen MR) is 88.3 cm³/mol. The fraction of sp³-hybridized carbons (Fsp3) is 0.588. The average molecular weight is 318 g/mol. The highest BCUT2D eigenvalue weighted by Crippen LogP contribution is 2.28. The lowest BCUT2D eigenvalue weighted by atomic mass is 10.1. The van der Waals surface area contributed by atoms with E-state index in [9.17, 15) is 4.39 Å². The fourth-order valence-electron chi connectivity index (χ4n) is 3.49. The van der Waals surface area contributed by atoms with E-state index in [0.717, 1.165) is 39.3 Å². The first-order chi connectivity index (χ1) is 11.1. The van der Waals surface area contributed by atoms with Crippen LogP contribution in [0.25, 0.3) is 11.1 Å². The Balaban J connectivity index is 1.36. The van der Waals surface area contributed by atoms with E-state index in [1.807, 2.05) is 0 Å². The Kier molecular flexibility index (Phi) is 3.73. The van der Waals surface area contributed by atoms with Crippen LogP contribution in [0.4, 0.5) is 10.4 Å².